The smallest absolute Gasteiger partial charge is 0.220 e. The number of rotatable bonds is 4. The average molecular weight is 264 g/mol. The number of hydrogen-bond acceptors (Lipinski definition) is 3. The second-order valence-corrected chi connectivity index (χ2v) is 4.63. The van der Waals surface area contributed by atoms with Crippen LogP contribution in [-0.2, 0) is 6.54 Å². The zero-order valence-electron chi connectivity index (χ0n) is 11.3. The Balaban J connectivity index is 1.87. The summed E-state index contributed by atoms with van der Waals surface area (Å²) < 4.78 is 5.70. The van der Waals surface area contributed by atoms with Crippen molar-refractivity contribution in [3.8, 4) is 0 Å². The van der Waals surface area contributed by atoms with E-state index in [9.17, 15) is 0 Å². The molecule has 0 saturated heterocycles. The third kappa shape index (κ3) is 2.78. The molecule has 0 unspecified atom stereocenters. The molecule has 20 heavy (non-hydrogen) atoms. The summed E-state index contributed by atoms with van der Waals surface area (Å²) in [5, 5.41) is 3.13. The molecule has 3 aromatic rings. The maximum absolute atomic E-state index is 5.70. The normalized spacial score (nSPS) is 11.4. The summed E-state index contributed by atoms with van der Waals surface area (Å²) in [5.41, 5.74) is 4.04. The molecule has 1 heterocycles. The summed E-state index contributed by atoms with van der Waals surface area (Å²) in [6, 6.07) is 16.2. The van der Waals surface area contributed by atoms with E-state index in [2.05, 4.69) is 22.4 Å². The SMILES string of the molecule is CNCc1ccc2oc(/C=C/c3ccccc3)nc2c1. The predicted molar refractivity (Wildman–Crippen MR) is 82.1 cm³/mol. The number of oxazole rings is 1. The van der Waals surface area contributed by atoms with Crippen LogP contribution in [0.15, 0.2) is 52.9 Å². The van der Waals surface area contributed by atoms with E-state index < -0.39 is 0 Å². The van der Waals surface area contributed by atoms with Crippen molar-refractivity contribution >= 4 is 23.3 Å². The molecule has 2 aromatic carbocycles. The third-order valence-corrected chi connectivity index (χ3v) is 3.07. The molecule has 3 nitrogen and oxygen atoms in total. The van der Waals surface area contributed by atoms with E-state index in [4.69, 9.17) is 4.42 Å². The number of nitrogens with one attached hydrogen (secondary N) is 1. The molecular formula is C17H16N2O. The van der Waals surface area contributed by atoms with Gasteiger partial charge in [0, 0.05) is 12.6 Å². The van der Waals surface area contributed by atoms with Gasteiger partial charge >= 0.3 is 0 Å². The van der Waals surface area contributed by atoms with Crippen LogP contribution in [0.2, 0.25) is 0 Å². The molecule has 1 N–H and O–H groups in total. The van der Waals surface area contributed by atoms with Gasteiger partial charge in [0.25, 0.3) is 0 Å². The molecule has 0 aliphatic carbocycles. The lowest BCUT2D eigenvalue weighted by Gasteiger charge is -1.97. The molecule has 3 rings (SSSR count). The van der Waals surface area contributed by atoms with Gasteiger partial charge in [-0.25, -0.2) is 4.98 Å². The number of nitrogens with zero attached hydrogens (tertiary/aromatic N) is 1. The van der Waals surface area contributed by atoms with Crippen molar-refractivity contribution in [2.45, 2.75) is 6.54 Å². The van der Waals surface area contributed by atoms with Crippen molar-refractivity contribution in [3.63, 3.8) is 0 Å². The lowest BCUT2D eigenvalue weighted by atomic mass is 10.2. The number of aromatic nitrogens is 1. The first-order chi connectivity index (χ1) is 9.85. The number of benzene rings is 2. The summed E-state index contributed by atoms with van der Waals surface area (Å²) in [6.07, 6.45) is 3.90. The highest BCUT2D eigenvalue weighted by Crippen LogP contribution is 2.18. The van der Waals surface area contributed by atoms with E-state index in [1.807, 2.05) is 55.6 Å². The van der Waals surface area contributed by atoms with Crippen LogP contribution >= 0.6 is 0 Å². The lowest BCUT2D eigenvalue weighted by molar-refractivity contribution is 0.589. The first-order valence-corrected chi connectivity index (χ1v) is 6.62. The van der Waals surface area contributed by atoms with Gasteiger partial charge in [0.2, 0.25) is 5.89 Å². The van der Waals surface area contributed by atoms with Crippen LogP contribution in [0, 0.1) is 0 Å². The Bertz CT molecular complexity index is 729. The van der Waals surface area contributed by atoms with Gasteiger partial charge in [0.15, 0.2) is 5.58 Å². The Labute approximate surface area is 118 Å². The van der Waals surface area contributed by atoms with Crippen LogP contribution in [0.3, 0.4) is 0 Å². The van der Waals surface area contributed by atoms with Crippen LogP contribution in [0.5, 0.6) is 0 Å². The molecule has 3 heteroatoms. The Morgan fingerprint density at radius 1 is 1.10 bits per heavy atom. The molecule has 0 fully saturated rings. The van der Waals surface area contributed by atoms with Gasteiger partial charge in [-0.2, -0.15) is 0 Å². The highest BCUT2D eigenvalue weighted by atomic mass is 16.3. The molecule has 0 saturated carbocycles. The minimum absolute atomic E-state index is 0.630. The molecule has 0 aliphatic heterocycles. The van der Waals surface area contributed by atoms with Crippen molar-refractivity contribution in [1.82, 2.24) is 10.3 Å². The maximum Gasteiger partial charge on any atom is 0.220 e. The highest BCUT2D eigenvalue weighted by Gasteiger charge is 2.03. The summed E-state index contributed by atoms with van der Waals surface area (Å²) in [6.45, 7) is 0.831. The van der Waals surface area contributed by atoms with Gasteiger partial charge in [-0.3, -0.25) is 0 Å². The standard InChI is InChI=1S/C17H16N2O/c1-18-12-14-7-9-16-15(11-14)19-17(20-16)10-8-13-5-3-2-4-6-13/h2-11,18H,12H2,1H3/b10-8+. The van der Waals surface area contributed by atoms with Crippen LogP contribution in [-0.4, -0.2) is 12.0 Å². The minimum Gasteiger partial charge on any atom is -0.437 e. The van der Waals surface area contributed by atoms with Gasteiger partial charge in [-0.1, -0.05) is 36.4 Å². The first kappa shape index (κ1) is 12.6. The molecule has 0 spiro atoms. The summed E-state index contributed by atoms with van der Waals surface area (Å²) in [7, 11) is 1.93. The van der Waals surface area contributed by atoms with Gasteiger partial charge in [-0.05, 0) is 36.4 Å². The van der Waals surface area contributed by atoms with E-state index in [1.54, 1.807) is 0 Å². The Kier molecular flexibility index (Phi) is 3.61. The van der Waals surface area contributed by atoms with E-state index in [-0.39, 0.29) is 0 Å². The average Bonchev–Trinajstić information content (AvgIpc) is 2.89. The third-order valence-electron chi connectivity index (χ3n) is 3.07. The van der Waals surface area contributed by atoms with Crippen molar-refractivity contribution in [3.05, 3.63) is 65.5 Å². The van der Waals surface area contributed by atoms with Crippen LogP contribution < -0.4 is 5.32 Å². The van der Waals surface area contributed by atoms with Crippen molar-refractivity contribution in [2.75, 3.05) is 7.05 Å². The van der Waals surface area contributed by atoms with Crippen molar-refractivity contribution in [2.24, 2.45) is 0 Å². The minimum atomic E-state index is 0.630. The lowest BCUT2D eigenvalue weighted by Crippen LogP contribution is -2.04. The molecule has 0 aliphatic rings. The van der Waals surface area contributed by atoms with E-state index in [0.717, 1.165) is 23.2 Å². The van der Waals surface area contributed by atoms with Crippen LogP contribution in [0.25, 0.3) is 23.3 Å². The fourth-order valence-corrected chi connectivity index (χ4v) is 2.11. The van der Waals surface area contributed by atoms with Gasteiger partial charge in [0.1, 0.15) is 5.52 Å². The van der Waals surface area contributed by atoms with E-state index in [1.165, 1.54) is 5.56 Å². The second kappa shape index (κ2) is 5.72. The number of fused-ring (bicyclic) bond motifs is 1. The van der Waals surface area contributed by atoms with Gasteiger partial charge in [-0.15, -0.1) is 0 Å². The fourth-order valence-electron chi connectivity index (χ4n) is 2.11. The number of hydrogen-bond donors (Lipinski definition) is 1. The fraction of sp³-hybridized carbons (Fsp3) is 0.118. The molecule has 1 aromatic heterocycles. The highest BCUT2D eigenvalue weighted by molar-refractivity contribution is 5.76. The molecule has 0 atom stereocenters. The summed E-state index contributed by atoms with van der Waals surface area (Å²) >= 11 is 0. The zero-order valence-corrected chi connectivity index (χ0v) is 11.3. The van der Waals surface area contributed by atoms with Crippen LogP contribution in [0.1, 0.15) is 17.0 Å². The Hall–Kier alpha value is -2.39. The molecule has 0 radical (unpaired) electrons. The molecule has 0 bridgehead atoms. The second-order valence-electron chi connectivity index (χ2n) is 4.63. The van der Waals surface area contributed by atoms with Gasteiger partial charge < -0.3 is 9.73 Å². The van der Waals surface area contributed by atoms with Gasteiger partial charge in [0.05, 0.1) is 0 Å². The monoisotopic (exact) mass is 264 g/mol. The van der Waals surface area contributed by atoms with Crippen molar-refractivity contribution < 1.29 is 4.42 Å². The van der Waals surface area contributed by atoms with Crippen LogP contribution in [0.4, 0.5) is 0 Å². The molecular weight excluding hydrogens is 248 g/mol. The first-order valence-electron chi connectivity index (χ1n) is 6.62. The zero-order chi connectivity index (χ0) is 13.8. The Morgan fingerprint density at radius 2 is 1.95 bits per heavy atom. The summed E-state index contributed by atoms with van der Waals surface area (Å²) in [4.78, 5) is 4.49. The largest absolute Gasteiger partial charge is 0.437 e. The van der Waals surface area contributed by atoms with Crippen molar-refractivity contribution in [1.29, 1.82) is 0 Å². The quantitative estimate of drug-likeness (QED) is 0.780. The topological polar surface area (TPSA) is 38.1 Å². The van der Waals surface area contributed by atoms with E-state index >= 15 is 0 Å². The molecule has 100 valence electrons. The molecule has 0 amide bonds. The Morgan fingerprint density at radius 3 is 2.75 bits per heavy atom. The predicted octanol–water partition coefficient (Wildman–Crippen LogP) is 3.72. The summed E-state index contributed by atoms with van der Waals surface area (Å²) in [5.74, 6) is 0.630. The van der Waals surface area contributed by atoms with E-state index in [0.29, 0.717) is 5.89 Å². The maximum atomic E-state index is 5.70.